The highest BCUT2D eigenvalue weighted by atomic mass is 16.5. The minimum atomic E-state index is -0.551. The molecule has 13 rings (SSSR count). The maximum atomic E-state index is 7.00. The van der Waals surface area contributed by atoms with Crippen molar-refractivity contribution in [1.82, 2.24) is 0 Å². The van der Waals surface area contributed by atoms with Gasteiger partial charge in [-0.1, -0.05) is 194 Å². The highest BCUT2D eigenvalue weighted by Gasteiger charge is 2.46. The summed E-state index contributed by atoms with van der Waals surface area (Å²) in [5.74, 6) is 1.67. The molecule has 11 aromatic carbocycles. The van der Waals surface area contributed by atoms with Crippen molar-refractivity contribution < 1.29 is 4.74 Å². The van der Waals surface area contributed by atoms with Gasteiger partial charge >= 0.3 is 0 Å². The Balaban J connectivity index is 1.05. The van der Waals surface area contributed by atoms with E-state index in [2.05, 4.69) is 277 Å². The fraction of sp³-hybridized carbons (Fsp3) is 0.0154. The number of para-hydroxylation sites is 2. The van der Waals surface area contributed by atoms with E-state index in [1.54, 1.807) is 0 Å². The molecule has 2 aliphatic rings. The average molecular weight is 869 g/mol. The number of anilines is 6. The van der Waals surface area contributed by atoms with Crippen molar-refractivity contribution >= 4 is 44.9 Å². The maximum Gasteiger partial charge on any atom is 0.137 e. The monoisotopic (exact) mass is 868 g/mol. The van der Waals surface area contributed by atoms with Crippen LogP contribution in [0.4, 0.5) is 34.1 Å². The molecule has 1 aliphatic carbocycles. The number of ether oxygens (including phenoxy) is 1. The van der Waals surface area contributed by atoms with E-state index in [0.717, 1.165) is 67.5 Å². The van der Waals surface area contributed by atoms with Crippen LogP contribution in [0.5, 0.6) is 11.5 Å². The molecule has 3 heteroatoms. The van der Waals surface area contributed by atoms with Crippen LogP contribution in [0.3, 0.4) is 0 Å². The number of nitrogens with zero attached hydrogens (tertiary/aromatic N) is 2. The lowest BCUT2D eigenvalue weighted by atomic mass is 9.67. The molecular formula is C65H44N2O. The quantitative estimate of drug-likeness (QED) is 0.144. The van der Waals surface area contributed by atoms with Gasteiger partial charge in [0.1, 0.15) is 11.5 Å². The van der Waals surface area contributed by atoms with E-state index in [1.807, 2.05) is 0 Å². The fourth-order valence-corrected chi connectivity index (χ4v) is 11.0. The summed E-state index contributed by atoms with van der Waals surface area (Å²) in [7, 11) is 0. The van der Waals surface area contributed by atoms with Crippen molar-refractivity contribution in [2.24, 2.45) is 0 Å². The molecule has 320 valence electrons. The molecule has 0 saturated heterocycles. The van der Waals surface area contributed by atoms with E-state index in [9.17, 15) is 0 Å². The summed E-state index contributed by atoms with van der Waals surface area (Å²) in [6.45, 7) is 0. The zero-order valence-electron chi connectivity index (χ0n) is 37.2. The molecule has 1 heterocycles. The Bertz CT molecular complexity index is 3550. The molecule has 0 radical (unpaired) electrons. The van der Waals surface area contributed by atoms with Gasteiger partial charge in [0.2, 0.25) is 0 Å². The summed E-state index contributed by atoms with van der Waals surface area (Å²) < 4.78 is 7.00. The Morgan fingerprint density at radius 2 is 0.824 bits per heavy atom. The summed E-state index contributed by atoms with van der Waals surface area (Å²) >= 11 is 0. The van der Waals surface area contributed by atoms with Crippen LogP contribution in [-0.2, 0) is 5.41 Å². The lowest BCUT2D eigenvalue weighted by molar-refractivity contribution is 0.487. The van der Waals surface area contributed by atoms with Crippen LogP contribution in [0.1, 0.15) is 22.3 Å². The number of fused-ring (bicyclic) bond motifs is 5. The van der Waals surface area contributed by atoms with Crippen LogP contribution in [0.2, 0.25) is 0 Å². The van der Waals surface area contributed by atoms with Crippen molar-refractivity contribution in [3.8, 4) is 44.9 Å². The number of rotatable bonds is 9. The minimum absolute atomic E-state index is 0.551. The van der Waals surface area contributed by atoms with E-state index in [1.165, 1.54) is 44.5 Å². The Kier molecular flexibility index (Phi) is 9.40. The second-order valence-electron chi connectivity index (χ2n) is 17.6. The standard InChI is InChI=1S/C65H44N2O/c1-6-20-45(21-7-1)46-36-38-51(39-37-46)67(52-40-41-54-53-30-16-17-33-57(53)65(58(54)44-52,47-22-8-2-9-23-47)48-24-10-3-11-25-48)59-42-43-62-63-55(59)31-18-32-56(63)64-60(34-19-35-61(64)68-62)66(49-26-12-4-13-27-49)50-28-14-5-15-29-50/h1-44H. The zero-order valence-corrected chi connectivity index (χ0v) is 37.2. The van der Waals surface area contributed by atoms with Gasteiger partial charge in [-0.15, -0.1) is 0 Å². The third kappa shape index (κ3) is 6.21. The SMILES string of the molecule is c1ccc(-c2ccc(N(c3ccc4c(c3)C(c3ccccc3)(c3ccccc3)c3ccccc3-4)c3ccc4c5c(cccc35)-c3c(cccc3N(c3ccccc3)c3ccccc3)O4)cc2)cc1. The minimum Gasteiger partial charge on any atom is -0.456 e. The topological polar surface area (TPSA) is 15.7 Å². The molecule has 3 nitrogen and oxygen atoms in total. The normalized spacial score (nSPS) is 12.6. The van der Waals surface area contributed by atoms with Crippen LogP contribution < -0.4 is 14.5 Å². The molecule has 0 aromatic heterocycles. The third-order valence-corrected chi connectivity index (χ3v) is 13.9. The van der Waals surface area contributed by atoms with Crippen LogP contribution in [-0.4, -0.2) is 0 Å². The summed E-state index contributed by atoms with van der Waals surface area (Å²) in [6, 6.07) is 96.6. The lowest BCUT2D eigenvalue weighted by Crippen LogP contribution is -2.28. The Hall–Kier alpha value is -8.92. The lowest BCUT2D eigenvalue weighted by Gasteiger charge is -2.35. The Labute approximate surface area is 397 Å². The Morgan fingerprint density at radius 1 is 0.309 bits per heavy atom. The van der Waals surface area contributed by atoms with Crippen molar-refractivity contribution in [3.63, 3.8) is 0 Å². The first kappa shape index (κ1) is 39.4. The van der Waals surface area contributed by atoms with Gasteiger partial charge in [0.25, 0.3) is 0 Å². The molecule has 11 aromatic rings. The van der Waals surface area contributed by atoms with Crippen LogP contribution >= 0.6 is 0 Å². The third-order valence-electron chi connectivity index (χ3n) is 13.9. The average Bonchev–Trinajstić information content (AvgIpc) is 3.71. The van der Waals surface area contributed by atoms with Crippen LogP contribution in [0.15, 0.2) is 267 Å². The number of hydrogen-bond acceptors (Lipinski definition) is 3. The zero-order chi connectivity index (χ0) is 45.0. The number of hydrogen-bond donors (Lipinski definition) is 0. The molecular weight excluding hydrogens is 825 g/mol. The predicted molar refractivity (Wildman–Crippen MR) is 282 cm³/mol. The van der Waals surface area contributed by atoms with Gasteiger partial charge in [-0.2, -0.15) is 0 Å². The summed E-state index contributed by atoms with van der Waals surface area (Å²) in [6.07, 6.45) is 0. The highest BCUT2D eigenvalue weighted by Crippen LogP contribution is 2.59. The highest BCUT2D eigenvalue weighted by molar-refractivity contribution is 6.13. The largest absolute Gasteiger partial charge is 0.456 e. The van der Waals surface area contributed by atoms with Crippen molar-refractivity contribution in [2.75, 3.05) is 9.80 Å². The first-order chi connectivity index (χ1) is 33.8. The summed E-state index contributed by atoms with van der Waals surface area (Å²) in [5, 5.41) is 2.17. The predicted octanol–water partition coefficient (Wildman–Crippen LogP) is 17.6. The van der Waals surface area contributed by atoms with E-state index in [0.29, 0.717) is 0 Å². The second-order valence-corrected chi connectivity index (χ2v) is 17.6. The van der Waals surface area contributed by atoms with Crippen LogP contribution in [0, 0.1) is 0 Å². The molecule has 0 amide bonds. The summed E-state index contributed by atoms with van der Waals surface area (Å²) in [5.41, 5.74) is 17.9. The molecule has 0 bridgehead atoms. The second kappa shape index (κ2) is 16.2. The van der Waals surface area contributed by atoms with Gasteiger partial charge < -0.3 is 14.5 Å². The molecule has 0 unspecified atom stereocenters. The van der Waals surface area contributed by atoms with E-state index in [4.69, 9.17) is 4.74 Å². The summed E-state index contributed by atoms with van der Waals surface area (Å²) in [4.78, 5) is 4.79. The first-order valence-electron chi connectivity index (χ1n) is 23.3. The van der Waals surface area contributed by atoms with Gasteiger partial charge in [-0.05, 0) is 123 Å². The molecule has 0 saturated carbocycles. The van der Waals surface area contributed by atoms with Gasteiger partial charge in [-0.25, -0.2) is 0 Å². The van der Waals surface area contributed by atoms with E-state index >= 15 is 0 Å². The van der Waals surface area contributed by atoms with E-state index < -0.39 is 5.41 Å². The smallest absolute Gasteiger partial charge is 0.137 e. The molecule has 0 atom stereocenters. The van der Waals surface area contributed by atoms with E-state index in [-0.39, 0.29) is 0 Å². The number of benzene rings is 11. The van der Waals surface area contributed by atoms with Crippen molar-refractivity contribution in [2.45, 2.75) is 5.41 Å². The van der Waals surface area contributed by atoms with Gasteiger partial charge in [-0.3, -0.25) is 0 Å². The van der Waals surface area contributed by atoms with Gasteiger partial charge in [0.15, 0.2) is 0 Å². The molecule has 1 aliphatic heterocycles. The van der Waals surface area contributed by atoms with Crippen molar-refractivity contribution in [3.05, 3.63) is 289 Å². The molecule has 0 N–H and O–H groups in total. The van der Waals surface area contributed by atoms with Gasteiger partial charge in [0, 0.05) is 39.1 Å². The maximum absolute atomic E-state index is 7.00. The molecule has 68 heavy (non-hydrogen) atoms. The fourth-order valence-electron chi connectivity index (χ4n) is 11.0. The van der Waals surface area contributed by atoms with Gasteiger partial charge in [0.05, 0.1) is 16.8 Å². The Morgan fingerprint density at radius 3 is 1.50 bits per heavy atom. The molecule has 0 fully saturated rings. The van der Waals surface area contributed by atoms with Crippen molar-refractivity contribution in [1.29, 1.82) is 0 Å². The van der Waals surface area contributed by atoms with Crippen LogP contribution in [0.25, 0.3) is 44.2 Å². The first-order valence-corrected chi connectivity index (χ1v) is 23.3. The molecule has 0 spiro atoms.